The standard InChI is InChI=1S/C10H20N2O2.ClH/c1-7(2)3-10(14)12-5-8-4-11-6-9(8)13;/h7-9,11,13H,3-6H2,1-2H3,(H,12,14);1H. The van der Waals surface area contributed by atoms with Crippen molar-refractivity contribution in [1.82, 2.24) is 10.6 Å². The van der Waals surface area contributed by atoms with Crippen LogP contribution in [0.3, 0.4) is 0 Å². The highest BCUT2D eigenvalue weighted by Crippen LogP contribution is 2.07. The highest BCUT2D eigenvalue weighted by Gasteiger charge is 2.24. The smallest absolute Gasteiger partial charge is 0.220 e. The van der Waals surface area contributed by atoms with Crippen molar-refractivity contribution in [2.75, 3.05) is 19.6 Å². The van der Waals surface area contributed by atoms with E-state index in [0.29, 0.717) is 25.4 Å². The summed E-state index contributed by atoms with van der Waals surface area (Å²) in [4.78, 5) is 11.3. The third-order valence-electron chi connectivity index (χ3n) is 2.46. The van der Waals surface area contributed by atoms with Gasteiger partial charge in [0.05, 0.1) is 6.10 Å². The largest absolute Gasteiger partial charge is 0.391 e. The molecule has 15 heavy (non-hydrogen) atoms. The second kappa shape index (κ2) is 7.04. The number of carbonyl (C=O) groups is 1. The van der Waals surface area contributed by atoms with Crippen LogP contribution >= 0.6 is 12.4 Å². The van der Waals surface area contributed by atoms with E-state index >= 15 is 0 Å². The van der Waals surface area contributed by atoms with E-state index in [1.54, 1.807) is 0 Å². The normalized spacial score (nSPS) is 25.1. The van der Waals surface area contributed by atoms with Crippen molar-refractivity contribution in [3.8, 4) is 0 Å². The molecule has 0 bridgehead atoms. The second-order valence-corrected chi connectivity index (χ2v) is 4.39. The lowest BCUT2D eigenvalue weighted by atomic mass is 10.1. The molecule has 1 rings (SSSR count). The molecule has 3 N–H and O–H groups in total. The average molecular weight is 237 g/mol. The van der Waals surface area contributed by atoms with Gasteiger partial charge in [0.2, 0.25) is 5.91 Å². The zero-order valence-corrected chi connectivity index (χ0v) is 10.1. The van der Waals surface area contributed by atoms with E-state index in [1.165, 1.54) is 0 Å². The first kappa shape index (κ1) is 14.7. The summed E-state index contributed by atoms with van der Waals surface area (Å²) < 4.78 is 0. The number of aliphatic hydroxyl groups excluding tert-OH is 1. The predicted molar refractivity (Wildman–Crippen MR) is 62.1 cm³/mol. The molecule has 0 saturated carbocycles. The van der Waals surface area contributed by atoms with Gasteiger partial charge in [0.25, 0.3) is 0 Å². The lowest BCUT2D eigenvalue weighted by Crippen LogP contribution is -2.34. The van der Waals surface area contributed by atoms with Gasteiger partial charge < -0.3 is 15.7 Å². The minimum Gasteiger partial charge on any atom is -0.391 e. The van der Waals surface area contributed by atoms with Gasteiger partial charge in [0.1, 0.15) is 0 Å². The fourth-order valence-corrected chi connectivity index (χ4v) is 1.62. The molecule has 5 heteroatoms. The molecule has 1 fully saturated rings. The highest BCUT2D eigenvalue weighted by atomic mass is 35.5. The lowest BCUT2D eigenvalue weighted by molar-refractivity contribution is -0.122. The Morgan fingerprint density at radius 1 is 1.53 bits per heavy atom. The summed E-state index contributed by atoms with van der Waals surface area (Å²) in [5, 5.41) is 15.4. The van der Waals surface area contributed by atoms with Crippen molar-refractivity contribution >= 4 is 18.3 Å². The second-order valence-electron chi connectivity index (χ2n) is 4.39. The number of nitrogens with one attached hydrogen (secondary N) is 2. The average Bonchev–Trinajstić information content (AvgIpc) is 2.46. The van der Waals surface area contributed by atoms with Crippen molar-refractivity contribution in [3.05, 3.63) is 0 Å². The number of amides is 1. The molecule has 0 aromatic carbocycles. The van der Waals surface area contributed by atoms with Crippen LogP contribution in [-0.4, -0.2) is 36.8 Å². The fourth-order valence-electron chi connectivity index (χ4n) is 1.62. The Bertz CT molecular complexity index is 200. The van der Waals surface area contributed by atoms with Gasteiger partial charge in [-0.25, -0.2) is 0 Å². The maximum absolute atomic E-state index is 11.3. The number of hydrogen-bond donors (Lipinski definition) is 3. The van der Waals surface area contributed by atoms with E-state index in [1.807, 2.05) is 13.8 Å². The van der Waals surface area contributed by atoms with E-state index in [0.717, 1.165) is 6.54 Å². The number of rotatable bonds is 4. The molecular weight excluding hydrogens is 216 g/mol. The Morgan fingerprint density at radius 2 is 2.20 bits per heavy atom. The molecule has 0 radical (unpaired) electrons. The maximum Gasteiger partial charge on any atom is 0.220 e. The van der Waals surface area contributed by atoms with Crippen LogP contribution in [0.4, 0.5) is 0 Å². The zero-order valence-electron chi connectivity index (χ0n) is 9.32. The molecule has 4 nitrogen and oxygen atoms in total. The topological polar surface area (TPSA) is 61.4 Å². The summed E-state index contributed by atoms with van der Waals surface area (Å²) in [5.74, 6) is 0.645. The molecule has 0 aromatic heterocycles. The van der Waals surface area contributed by atoms with Crippen LogP contribution in [0.25, 0.3) is 0 Å². The molecule has 1 saturated heterocycles. The number of carbonyl (C=O) groups excluding carboxylic acids is 1. The predicted octanol–water partition coefficient (Wildman–Crippen LogP) is 0.151. The first-order chi connectivity index (χ1) is 6.59. The minimum absolute atomic E-state index is 0. The van der Waals surface area contributed by atoms with Crippen molar-refractivity contribution in [2.24, 2.45) is 11.8 Å². The quantitative estimate of drug-likeness (QED) is 0.651. The van der Waals surface area contributed by atoms with Crippen LogP contribution in [-0.2, 0) is 4.79 Å². The van der Waals surface area contributed by atoms with Gasteiger partial charge in [0.15, 0.2) is 0 Å². The van der Waals surface area contributed by atoms with Crippen molar-refractivity contribution < 1.29 is 9.90 Å². The van der Waals surface area contributed by atoms with Crippen LogP contribution in [0.15, 0.2) is 0 Å². The monoisotopic (exact) mass is 236 g/mol. The number of β-amino-alcohol motifs (C(OH)–C–C–N with tert-alkyl or cyclic N) is 1. The SMILES string of the molecule is CC(C)CC(=O)NCC1CNCC1O.Cl. The summed E-state index contributed by atoms with van der Waals surface area (Å²) >= 11 is 0. The van der Waals surface area contributed by atoms with Crippen LogP contribution in [0.2, 0.25) is 0 Å². The Hall–Kier alpha value is -0.320. The van der Waals surface area contributed by atoms with Crippen LogP contribution < -0.4 is 10.6 Å². The summed E-state index contributed by atoms with van der Waals surface area (Å²) in [6.45, 7) is 6.06. The third-order valence-corrected chi connectivity index (χ3v) is 2.46. The van der Waals surface area contributed by atoms with Gasteiger partial charge in [-0.3, -0.25) is 4.79 Å². The minimum atomic E-state index is -0.311. The number of hydrogen-bond acceptors (Lipinski definition) is 3. The highest BCUT2D eigenvalue weighted by molar-refractivity contribution is 5.85. The van der Waals surface area contributed by atoms with Crippen LogP contribution in [0.5, 0.6) is 0 Å². The molecule has 0 aliphatic carbocycles. The maximum atomic E-state index is 11.3. The summed E-state index contributed by atoms with van der Waals surface area (Å²) in [5.41, 5.74) is 0. The lowest BCUT2D eigenvalue weighted by Gasteiger charge is -2.14. The van der Waals surface area contributed by atoms with Gasteiger partial charge in [-0.1, -0.05) is 13.8 Å². The molecular formula is C10H21ClN2O2. The Morgan fingerprint density at radius 3 is 2.67 bits per heavy atom. The Kier molecular flexibility index (Phi) is 6.89. The molecule has 2 unspecified atom stereocenters. The molecule has 1 heterocycles. The van der Waals surface area contributed by atoms with Gasteiger partial charge in [-0.15, -0.1) is 12.4 Å². The van der Waals surface area contributed by atoms with E-state index in [9.17, 15) is 9.90 Å². The van der Waals surface area contributed by atoms with Crippen LogP contribution in [0, 0.1) is 11.8 Å². The van der Waals surface area contributed by atoms with Crippen LogP contribution in [0.1, 0.15) is 20.3 Å². The van der Waals surface area contributed by atoms with Gasteiger partial charge in [-0.2, -0.15) is 0 Å². The molecule has 1 aliphatic rings. The zero-order chi connectivity index (χ0) is 10.6. The number of aliphatic hydroxyl groups is 1. The summed E-state index contributed by atoms with van der Waals surface area (Å²) in [6.07, 6.45) is 0.255. The van der Waals surface area contributed by atoms with Crippen molar-refractivity contribution in [1.29, 1.82) is 0 Å². The van der Waals surface area contributed by atoms with Gasteiger partial charge in [-0.05, 0) is 5.92 Å². The molecule has 0 aromatic rings. The number of halogens is 1. The summed E-state index contributed by atoms with van der Waals surface area (Å²) in [6, 6.07) is 0. The first-order valence-corrected chi connectivity index (χ1v) is 5.25. The van der Waals surface area contributed by atoms with E-state index in [2.05, 4.69) is 10.6 Å². The van der Waals surface area contributed by atoms with Crippen molar-refractivity contribution in [3.63, 3.8) is 0 Å². The molecule has 1 aliphatic heterocycles. The van der Waals surface area contributed by atoms with E-state index in [-0.39, 0.29) is 30.3 Å². The molecule has 0 spiro atoms. The first-order valence-electron chi connectivity index (χ1n) is 5.25. The summed E-state index contributed by atoms with van der Waals surface area (Å²) in [7, 11) is 0. The van der Waals surface area contributed by atoms with Crippen molar-refractivity contribution in [2.45, 2.75) is 26.4 Å². The Balaban J connectivity index is 0.00000196. The Labute approximate surface area is 97.2 Å². The van der Waals surface area contributed by atoms with Gasteiger partial charge >= 0.3 is 0 Å². The molecule has 2 atom stereocenters. The fraction of sp³-hybridized carbons (Fsp3) is 0.900. The van der Waals surface area contributed by atoms with Gasteiger partial charge in [0, 0.05) is 32.0 Å². The molecule has 1 amide bonds. The van der Waals surface area contributed by atoms with E-state index < -0.39 is 0 Å². The van der Waals surface area contributed by atoms with E-state index in [4.69, 9.17) is 0 Å². The molecule has 90 valence electrons. The third kappa shape index (κ3) is 5.35.